The third-order valence-electron chi connectivity index (χ3n) is 4.64. The highest BCUT2D eigenvalue weighted by Crippen LogP contribution is 2.27. The molecule has 1 aliphatic heterocycles. The summed E-state index contributed by atoms with van der Waals surface area (Å²) in [6, 6.07) is 9.21. The predicted octanol–water partition coefficient (Wildman–Crippen LogP) is 3.08. The summed E-state index contributed by atoms with van der Waals surface area (Å²) < 4.78 is 10.6. The Balaban J connectivity index is 1.63. The average Bonchev–Trinajstić information content (AvgIpc) is 3.13. The first-order valence-electron chi connectivity index (χ1n) is 8.88. The molecular weight excluding hydrogens is 354 g/mol. The summed E-state index contributed by atoms with van der Waals surface area (Å²) in [4.78, 5) is 14.8. The number of hydrogen-bond acceptors (Lipinski definition) is 5. The van der Waals surface area contributed by atoms with Crippen molar-refractivity contribution in [2.45, 2.75) is 19.9 Å². The smallest absolute Gasteiger partial charge is 0.289 e. The van der Waals surface area contributed by atoms with E-state index in [4.69, 9.17) is 20.9 Å². The van der Waals surface area contributed by atoms with Gasteiger partial charge in [-0.25, -0.2) is 0 Å². The SMILES string of the molecule is CC(C)C(CNC(=O)c1cc(-c2ccccc2Cl)no1)N1CCOCC1. The van der Waals surface area contributed by atoms with Crippen molar-refractivity contribution in [3.8, 4) is 11.3 Å². The van der Waals surface area contributed by atoms with Gasteiger partial charge in [0.15, 0.2) is 0 Å². The Labute approximate surface area is 158 Å². The lowest BCUT2D eigenvalue weighted by atomic mass is 10.0. The van der Waals surface area contributed by atoms with Crippen LogP contribution in [0, 0.1) is 5.92 Å². The van der Waals surface area contributed by atoms with Crippen LogP contribution in [0.1, 0.15) is 24.4 Å². The Kier molecular flexibility index (Phi) is 6.29. The molecule has 1 fully saturated rings. The van der Waals surface area contributed by atoms with Gasteiger partial charge in [0.05, 0.1) is 18.2 Å². The van der Waals surface area contributed by atoms with E-state index in [9.17, 15) is 4.79 Å². The lowest BCUT2D eigenvalue weighted by Crippen LogP contribution is -2.51. The van der Waals surface area contributed by atoms with Gasteiger partial charge < -0.3 is 14.6 Å². The summed E-state index contributed by atoms with van der Waals surface area (Å²) in [5, 5.41) is 7.51. The number of ether oxygens (including phenoxy) is 1. The van der Waals surface area contributed by atoms with E-state index in [1.807, 2.05) is 18.2 Å². The molecule has 0 spiro atoms. The standard InChI is InChI=1S/C19H24ClN3O3/c1-13(2)17(23-7-9-25-10-8-23)12-21-19(24)18-11-16(22-26-18)14-5-3-4-6-15(14)20/h3-6,11,13,17H,7-10,12H2,1-2H3,(H,21,24). The van der Waals surface area contributed by atoms with Crippen LogP contribution in [0.2, 0.25) is 5.02 Å². The molecule has 0 saturated carbocycles. The van der Waals surface area contributed by atoms with E-state index >= 15 is 0 Å². The van der Waals surface area contributed by atoms with E-state index in [-0.39, 0.29) is 17.7 Å². The van der Waals surface area contributed by atoms with Gasteiger partial charge in [0.2, 0.25) is 5.76 Å². The van der Waals surface area contributed by atoms with E-state index in [1.165, 1.54) is 0 Å². The van der Waals surface area contributed by atoms with Crippen LogP contribution in [-0.2, 0) is 4.74 Å². The molecule has 1 atom stereocenters. The molecule has 0 bridgehead atoms. The number of carbonyl (C=O) groups excluding carboxylic acids is 1. The topological polar surface area (TPSA) is 67.6 Å². The van der Waals surface area contributed by atoms with Gasteiger partial charge in [0.1, 0.15) is 5.69 Å². The van der Waals surface area contributed by atoms with Gasteiger partial charge in [-0.1, -0.05) is 48.8 Å². The van der Waals surface area contributed by atoms with Crippen molar-refractivity contribution < 1.29 is 14.1 Å². The summed E-state index contributed by atoms with van der Waals surface area (Å²) in [7, 11) is 0. The predicted molar refractivity (Wildman–Crippen MR) is 100 cm³/mol. The fourth-order valence-electron chi connectivity index (χ4n) is 3.16. The number of carbonyl (C=O) groups is 1. The largest absolute Gasteiger partial charge is 0.379 e. The summed E-state index contributed by atoms with van der Waals surface area (Å²) in [6.45, 7) is 8.13. The lowest BCUT2D eigenvalue weighted by Gasteiger charge is -2.36. The molecule has 6 nitrogen and oxygen atoms in total. The molecule has 1 aromatic heterocycles. The Hall–Kier alpha value is -1.89. The minimum Gasteiger partial charge on any atom is -0.379 e. The molecule has 2 aromatic rings. The van der Waals surface area contributed by atoms with E-state index in [2.05, 4.69) is 29.2 Å². The average molecular weight is 378 g/mol. The Bertz CT molecular complexity index is 741. The van der Waals surface area contributed by atoms with E-state index < -0.39 is 0 Å². The first-order valence-corrected chi connectivity index (χ1v) is 9.25. The zero-order valence-electron chi connectivity index (χ0n) is 15.1. The summed E-state index contributed by atoms with van der Waals surface area (Å²) in [5.41, 5.74) is 1.29. The van der Waals surface area contributed by atoms with Crippen molar-refractivity contribution in [3.63, 3.8) is 0 Å². The monoisotopic (exact) mass is 377 g/mol. The maximum absolute atomic E-state index is 12.5. The second-order valence-electron chi connectivity index (χ2n) is 6.73. The lowest BCUT2D eigenvalue weighted by molar-refractivity contribution is 0.00664. The molecule has 0 aliphatic carbocycles. The highest BCUT2D eigenvalue weighted by molar-refractivity contribution is 6.33. The molecule has 7 heteroatoms. The van der Waals surface area contributed by atoms with Crippen LogP contribution in [0.5, 0.6) is 0 Å². The number of nitrogens with zero attached hydrogens (tertiary/aromatic N) is 2. The summed E-state index contributed by atoms with van der Waals surface area (Å²) in [6.07, 6.45) is 0. The first kappa shape index (κ1) is 18.9. The van der Waals surface area contributed by atoms with Crippen molar-refractivity contribution in [2.75, 3.05) is 32.8 Å². The molecule has 3 rings (SSSR count). The van der Waals surface area contributed by atoms with Gasteiger partial charge in [-0.2, -0.15) is 0 Å². The van der Waals surface area contributed by atoms with Crippen LogP contribution in [0.3, 0.4) is 0 Å². The molecule has 1 saturated heterocycles. The number of hydrogen-bond donors (Lipinski definition) is 1. The molecule has 140 valence electrons. The molecule has 1 aromatic carbocycles. The molecule has 1 aliphatic rings. The van der Waals surface area contributed by atoms with Gasteiger partial charge >= 0.3 is 0 Å². The van der Waals surface area contributed by atoms with Crippen molar-refractivity contribution in [1.82, 2.24) is 15.4 Å². The second kappa shape index (κ2) is 8.66. The Morgan fingerprint density at radius 1 is 1.31 bits per heavy atom. The number of rotatable bonds is 6. The zero-order chi connectivity index (χ0) is 18.5. The van der Waals surface area contributed by atoms with Crippen LogP contribution in [-0.4, -0.2) is 54.9 Å². The van der Waals surface area contributed by atoms with Gasteiger partial charge in [-0.05, 0) is 12.0 Å². The van der Waals surface area contributed by atoms with Crippen LogP contribution in [0.15, 0.2) is 34.9 Å². The fraction of sp³-hybridized carbons (Fsp3) is 0.474. The maximum Gasteiger partial charge on any atom is 0.289 e. The van der Waals surface area contributed by atoms with E-state index in [0.717, 1.165) is 31.9 Å². The van der Waals surface area contributed by atoms with Crippen LogP contribution < -0.4 is 5.32 Å². The Morgan fingerprint density at radius 2 is 2.04 bits per heavy atom. The fourth-order valence-corrected chi connectivity index (χ4v) is 3.39. The van der Waals surface area contributed by atoms with Crippen molar-refractivity contribution in [1.29, 1.82) is 0 Å². The Morgan fingerprint density at radius 3 is 2.73 bits per heavy atom. The van der Waals surface area contributed by atoms with E-state index in [1.54, 1.807) is 12.1 Å². The van der Waals surface area contributed by atoms with Gasteiger partial charge in [0.25, 0.3) is 5.91 Å². The zero-order valence-corrected chi connectivity index (χ0v) is 15.8. The summed E-state index contributed by atoms with van der Waals surface area (Å²) >= 11 is 6.17. The summed E-state index contributed by atoms with van der Waals surface area (Å²) in [5.74, 6) is 0.334. The quantitative estimate of drug-likeness (QED) is 0.837. The number of nitrogens with one attached hydrogen (secondary N) is 1. The molecular formula is C19H24ClN3O3. The highest BCUT2D eigenvalue weighted by atomic mass is 35.5. The number of halogens is 1. The molecule has 1 amide bonds. The third kappa shape index (κ3) is 4.44. The van der Waals surface area contributed by atoms with E-state index in [0.29, 0.717) is 23.2 Å². The van der Waals surface area contributed by atoms with Crippen LogP contribution >= 0.6 is 11.6 Å². The number of amides is 1. The highest BCUT2D eigenvalue weighted by Gasteiger charge is 2.25. The third-order valence-corrected chi connectivity index (χ3v) is 4.97. The number of aromatic nitrogens is 1. The van der Waals surface area contributed by atoms with Gasteiger partial charge in [-0.3, -0.25) is 9.69 Å². The number of morpholine rings is 1. The molecule has 1 N–H and O–H groups in total. The molecule has 2 heterocycles. The number of benzene rings is 1. The molecule has 1 unspecified atom stereocenters. The second-order valence-corrected chi connectivity index (χ2v) is 7.13. The van der Waals surface area contributed by atoms with Crippen molar-refractivity contribution in [2.24, 2.45) is 5.92 Å². The maximum atomic E-state index is 12.5. The van der Waals surface area contributed by atoms with Crippen LogP contribution in [0.25, 0.3) is 11.3 Å². The van der Waals surface area contributed by atoms with Gasteiger partial charge in [0, 0.05) is 37.3 Å². The molecule has 0 radical (unpaired) electrons. The van der Waals surface area contributed by atoms with Crippen LogP contribution in [0.4, 0.5) is 0 Å². The van der Waals surface area contributed by atoms with Gasteiger partial charge in [-0.15, -0.1) is 0 Å². The molecule has 26 heavy (non-hydrogen) atoms. The minimum atomic E-state index is -0.269. The normalized spacial score (nSPS) is 16.6. The minimum absolute atomic E-state index is 0.185. The van der Waals surface area contributed by atoms with Crippen molar-refractivity contribution in [3.05, 3.63) is 41.1 Å². The first-order chi connectivity index (χ1) is 12.6. The van der Waals surface area contributed by atoms with Crippen molar-refractivity contribution >= 4 is 17.5 Å².